The Morgan fingerprint density at radius 1 is 0.568 bits per heavy atom. The number of hydrogen-bond acceptors (Lipinski definition) is 3. The van der Waals surface area contributed by atoms with Gasteiger partial charge in [0.05, 0.1) is 23.9 Å². The summed E-state index contributed by atoms with van der Waals surface area (Å²) in [4.78, 5) is 4.68. The molecule has 0 atom stereocenters. The third-order valence-electron chi connectivity index (χ3n) is 6.69. The van der Waals surface area contributed by atoms with Crippen molar-refractivity contribution in [3.63, 3.8) is 0 Å². The molecule has 1 aromatic heterocycles. The van der Waals surface area contributed by atoms with Crippen LogP contribution >= 0.6 is 11.6 Å². The number of pyridine rings is 1. The van der Waals surface area contributed by atoms with Crippen molar-refractivity contribution in [3.05, 3.63) is 65.8 Å². The molecule has 0 unspecified atom stereocenters. The van der Waals surface area contributed by atoms with Crippen molar-refractivity contribution in [2.75, 3.05) is 13.2 Å². The standard InChI is InChI=1S/C33H44ClNO2/c1-3-5-7-9-11-13-23-36-30-19-15-27(16-20-30)29-25-32(34)33(35-26-29)28-17-21-31(22-18-28)37-24-14-12-10-8-6-4-2/h15-22,25-26H,3-14,23-24H2,1-2H3. The van der Waals surface area contributed by atoms with Crippen LogP contribution in [-0.2, 0) is 0 Å². The topological polar surface area (TPSA) is 31.4 Å². The van der Waals surface area contributed by atoms with E-state index < -0.39 is 0 Å². The molecule has 0 amide bonds. The predicted molar refractivity (Wildman–Crippen MR) is 158 cm³/mol. The first-order valence-electron chi connectivity index (χ1n) is 14.3. The van der Waals surface area contributed by atoms with E-state index in [1.54, 1.807) is 0 Å². The van der Waals surface area contributed by atoms with Crippen LogP contribution in [0.15, 0.2) is 60.8 Å². The second kappa shape index (κ2) is 17.1. The number of rotatable bonds is 18. The first kappa shape index (κ1) is 29.0. The van der Waals surface area contributed by atoms with Crippen molar-refractivity contribution < 1.29 is 9.47 Å². The number of aromatic nitrogens is 1. The second-order valence-electron chi connectivity index (χ2n) is 9.84. The van der Waals surface area contributed by atoms with Crippen molar-refractivity contribution in [1.82, 2.24) is 4.98 Å². The molecule has 4 heteroatoms. The average Bonchev–Trinajstić information content (AvgIpc) is 2.93. The van der Waals surface area contributed by atoms with Crippen LogP contribution in [0.1, 0.15) is 90.9 Å². The molecule has 0 aliphatic rings. The van der Waals surface area contributed by atoms with Gasteiger partial charge in [-0.1, -0.05) is 102 Å². The smallest absolute Gasteiger partial charge is 0.119 e. The third kappa shape index (κ3) is 10.4. The summed E-state index contributed by atoms with van der Waals surface area (Å²) in [6, 6.07) is 18.2. The van der Waals surface area contributed by atoms with Crippen LogP contribution in [-0.4, -0.2) is 18.2 Å². The van der Waals surface area contributed by atoms with Gasteiger partial charge in [0.1, 0.15) is 11.5 Å². The summed E-state index contributed by atoms with van der Waals surface area (Å²) >= 11 is 6.65. The Labute approximate surface area is 229 Å². The molecule has 0 spiro atoms. The molecule has 0 radical (unpaired) electrons. The Kier molecular flexibility index (Phi) is 13.4. The summed E-state index contributed by atoms with van der Waals surface area (Å²) < 4.78 is 11.8. The summed E-state index contributed by atoms with van der Waals surface area (Å²) in [6.07, 6.45) is 17.1. The van der Waals surface area contributed by atoms with Crippen molar-refractivity contribution in [1.29, 1.82) is 0 Å². The molecule has 3 aromatic rings. The van der Waals surface area contributed by atoms with E-state index in [2.05, 4.69) is 31.0 Å². The molecule has 3 nitrogen and oxygen atoms in total. The number of nitrogens with zero attached hydrogens (tertiary/aromatic N) is 1. The van der Waals surface area contributed by atoms with Gasteiger partial charge in [-0.05, 0) is 60.9 Å². The monoisotopic (exact) mass is 521 g/mol. The van der Waals surface area contributed by atoms with Crippen molar-refractivity contribution in [2.24, 2.45) is 0 Å². The highest BCUT2D eigenvalue weighted by Crippen LogP contribution is 2.31. The molecule has 0 aliphatic heterocycles. The van der Waals surface area contributed by atoms with Crippen LogP contribution in [0, 0.1) is 0 Å². The van der Waals surface area contributed by atoms with Gasteiger partial charge in [0, 0.05) is 17.3 Å². The van der Waals surface area contributed by atoms with E-state index in [0.29, 0.717) is 5.02 Å². The van der Waals surface area contributed by atoms with Gasteiger partial charge in [-0.15, -0.1) is 0 Å². The number of hydrogen-bond donors (Lipinski definition) is 0. The zero-order valence-electron chi connectivity index (χ0n) is 22.8. The summed E-state index contributed by atoms with van der Waals surface area (Å²) in [5.74, 6) is 1.80. The fraction of sp³-hybridized carbons (Fsp3) is 0.485. The molecule has 0 saturated carbocycles. The van der Waals surface area contributed by atoms with Gasteiger partial charge in [-0.25, -0.2) is 0 Å². The molecule has 3 rings (SSSR count). The number of benzene rings is 2. The molecule has 1 heterocycles. The van der Waals surface area contributed by atoms with E-state index in [0.717, 1.165) is 59.9 Å². The minimum atomic E-state index is 0.640. The fourth-order valence-corrected chi connectivity index (χ4v) is 4.68. The summed E-state index contributed by atoms with van der Waals surface area (Å²) in [6.45, 7) is 6.03. The molecule has 0 fully saturated rings. The lowest BCUT2D eigenvalue weighted by Gasteiger charge is -2.10. The second-order valence-corrected chi connectivity index (χ2v) is 10.2. The van der Waals surface area contributed by atoms with Gasteiger partial charge in [-0.2, -0.15) is 0 Å². The minimum Gasteiger partial charge on any atom is -0.494 e. The van der Waals surface area contributed by atoms with Crippen molar-refractivity contribution >= 4 is 11.6 Å². The molecule has 0 saturated heterocycles. The zero-order valence-corrected chi connectivity index (χ0v) is 23.6. The highest BCUT2D eigenvalue weighted by atomic mass is 35.5. The van der Waals surface area contributed by atoms with Gasteiger partial charge < -0.3 is 9.47 Å². The SMILES string of the molecule is CCCCCCCCOc1ccc(-c2cnc(-c3ccc(OCCCCCCCC)cc3)c(Cl)c2)cc1. The van der Waals surface area contributed by atoms with E-state index >= 15 is 0 Å². The van der Waals surface area contributed by atoms with Crippen molar-refractivity contribution in [2.45, 2.75) is 90.9 Å². The molecule has 2 aromatic carbocycles. The Morgan fingerprint density at radius 3 is 1.51 bits per heavy atom. The van der Waals surface area contributed by atoms with E-state index in [4.69, 9.17) is 21.1 Å². The summed E-state index contributed by atoms with van der Waals surface area (Å²) in [5, 5.41) is 0.640. The number of unbranched alkanes of at least 4 members (excludes halogenated alkanes) is 10. The lowest BCUT2D eigenvalue weighted by molar-refractivity contribution is 0.304. The summed E-state index contributed by atoms with van der Waals surface area (Å²) in [5.41, 5.74) is 3.84. The first-order valence-corrected chi connectivity index (χ1v) is 14.7. The Bertz CT molecular complexity index is 1020. The van der Waals surface area contributed by atoms with E-state index in [1.807, 2.05) is 48.7 Å². The maximum absolute atomic E-state index is 6.65. The van der Waals surface area contributed by atoms with Gasteiger partial charge in [0.2, 0.25) is 0 Å². The molecular formula is C33H44ClNO2. The molecule has 37 heavy (non-hydrogen) atoms. The van der Waals surface area contributed by atoms with Gasteiger partial charge in [-0.3, -0.25) is 4.98 Å². The molecule has 0 bridgehead atoms. The maximum Gasteiger partial charge on any atom is 0.119 e. The number of ether oxygens (including phenoxy) is 2. The van der Waals surface area contributed by atoms with Crippen LogP contribution in [0.4, 0.5) is 0 Å². The van der Waals surface area contributed by atoms with Crippen LogP contribution in [0.3, 0.4) is 0 Å². The predicted octanol–water partition coefficient (Wildman–Crippen LogP) is 10.5. The Hall–Kier alpha value is -2.52. The normalized spacial score (nSPS) is 11.0. The number of halogens is 1. The largest absolute Gasteiger partial charge is 0.494 e. The van der Waals surface area contributed by atoms with Crippen LogP contribution in [0.25, 0.3) is 22.4 Å². The molecule has 0 aliphatic carbocycles. The lowest BCUT2D eigenvalue weighted by atomic mass is 10.1. The first-order chi connectivity index (χ1) is 18.2. The molecule has 200 valence electrons. The fourth-order valence-electron chi connectivity index (χ4n) is 4.41. The van der Waals surface area contributed by atoms with Crippen LogP contribution < -0.4 is 9.47 Å². The third-order valence-corrected chi connectivity index (χ3v) is 6.98. The van der Waals surface area contributed by atoms with Crippen molar-refractivity contribution in [3.8, 4) is 33.9 Å². The maximum atomic E-state index is 6.65. The van der Waals surface area contributed by atoms with Gasteiger partial charge in [0.25, 0.3) is 0 Å². The average molecular weight is 522 g/mol. The van der Waals surface area contributed by atoms with E-state index in [1.165, 1.54) is 64.2 Å². The van der Waals surface area contributed by atoms with Crippen LogP contribution in [0.2, 0.25) is 5.02 Å². The van der Waals surface area contributed by atoms with E-state index in [-0.39, 0.29) is 0 Å². The zero-order chi connectivity index (χ0) is 26.1. The lowest BCUT2D eigenvalue weighted by Crippen LogP contribution is -1.97. The highest BCUT2D eigenvalue weighted by molar-refractivity contribution is 6.33. The molecule has 0 N–H and O–H groups in total. The van der Waals surface area contributed by atoms with Gasteiger partial charge in [0.15, 0.2) is 0 Å². The summed E-state index contributed by atoms with van der Waals surface area (Å²) in [7, 11) is 0. The van der Waals surface area contributed by atoms with E-state index in [9.17, 15) is 0 Å². The highest BCUT2D eigenvalue weighted by Gasteiger charge is 2.09. The quantitative estimate of drug-likeness (QED) is 0.156. The van der Waals surface area contributed by atoms with Crippen LogP contribution in [0.5, 0.6) is 11.5 Å². The Morgan fingerprint density at radius 2 is 1.03 bits per heavy atom. The molecular weight excluding hydrogens is 478 g/mol. The minimum absolute atomic E-state index is 0.640. The Balaban J connectivity index is 1.47. The van der Waals surface area contributed by atoms with Gasteiger partial charge >= 0.3 is 0 Å².